The number of benzene rings is 1. The molecule has 4 nitrogen and oxygen atoms in total. The maximum Gasteiger partial charge on any atom is 0.167 e. The Morgan fingerprint density at radius 2 is 2.16 bits per heavy atom. The number of hydrogen-bond acceptors (Lipinski definition) is 3. The fourth-order valence-electron chi connectivity index (χ4n) is 2.38. The lowest BCUT2D eigenvalue weighted by Gasteiger charge is -2.20. The maximum atomic E-state index is 6.07. The molecule has 0 saturated carbocycles. The molecular weight excluding hydrogens is 262 g/mol. The van der Waals surface area contributed by atoms with Crippen LogP contribution in [0.5, 0.6) is 0 Å². The van der Waals surface area contributed by atoms with Crippen molar-refractivity contribution in [1.29, 1.82) is 0 Å². The van der Waals surface area contributed by atoms with E-state index in [1.807, 2.05) is 22.9 Å². The van der Waals surface area contributed by atoms with E-state index in [0.717, 1.165) is 16.7 Å². The third kappa shape index (κ3) is 2.12. The largest absolute Gasteiger partial charge is 0.356 e. The van der Waals surface area contributed by atoms with Crippen molar-refractivity contribution in [2.45, 2.75) is 19.9 Å². The van der Waals surface area contributed by atoms with Gasteiger partial charge in [-0.2, -0.15) is 0 Å². The summed E-state index contributed by atoms with van der Waals surface area (Å²) < 4.78 is 7.44. The summed E-state index contributed by atoms with van der Waals surface area (Å²) in [7, 11) is 0. The molecule has 0 saturated heterocycles. The van der Waals surface area contributed by atoms with Crippen LogP contribution in [0, 0.1) is 5.92 Å². The Bertz CT molecular complexity index is 688. The van der Waals surface area contributed by atoms with E-state index in [4.69, 9.17) is 16.1 Å². The van der Waals surface area contributed by atoms with Crippen LogP contribution in [0.3, 0.4) is 0 Å². The minimum absolute atomic E-state index is 0.0854. The van der Waals surface area contributed by atoms with Gasteiger partial charge >= 0.3 is 0 Å². The fraction of sp³-hybridized carbons (Fsp3) is 0.286. The van der Waals surface area contributed by atoms with Crippen LogP contribution in [0.2, 0.25) is 5.02 Å². The summed E-state index contributed by atoms with van der Waals surface area (Å²) in [5.74, 6) is 0.362. The molecule has 2 heterocycles. The zero-order valence-electron chi connectivity index (χ0n) is 10.7. The fourth-order valence-corrected chi connectivity index (χ4v) is 2.55. The van der Waals surface area contributed by atoms with Crippen molar-refractivity contribution in [2.75, 3.05) is 0 Å². The first kappa shape index (κ1) is 12.2. The van der Waals surface area contributed by atoms with Crippen LogP contribution in [0.15, 0.2) is 41.4 Å². The summed E-state index contributed by atoms with van der Waals surface area (Å²) in [6.07, 6.45) is 5.51. The third-order valence-electron chi connectivity index (χ3n) is 3.22. The summed E-state index contributed by atoms with van der Waals surface area (Å²) in [5.41, 5.74) is 1.65. The summed E-state index contributed by atoms with van der Waals surface area (Å²) in [5, 5.41) is 5.88. The van der Waals surface area contributed by atoms with Gasteiger partial charge < -0.3 is 9.09 Å². The third-order valence-corrected chi connectivity index (χ3v) is 3.45. The van der Waals surface area contributed by atoms with Crippen molar-refractivity contribution in [3.05, 3.63) is 47.6 Å². The molecule has 0 aliphatic heterocycles. The first-order valence-electron chi connectivity index (χ1n) is 6.19. The van der Waals surface area contributed by atoms with E-state index in [1.54, 1.807) is 18.6 Å². The molecule has 0 amide bonds. The van der Waals surface area contributed by atoms with Crippen LogP contribution in [0.1, 0.15) is 25.6 Å². The molecule has 0 aliphatic rings. The molecule has 19 heavy (non-hydrogen) atoms. The second-order valence-electron chi connectivity index (χ2n) is 4.91. The summed E-state index contributed by atoms with van der Waals surface area (Å²) >= 11 is 6.07. The van der Waals surface area contributed by atoms with Gasteiger partial charge in [-0.05, 0) is 24.1 Å². The lowest BCUT2D eigenvalue weighted by Crippen LogP contribution is -2.15. The quantitative estimate of drug-likeness (QED) is 0.727. The molecule has 1 atom stereocenters. The first-order chi connectivity index (χ1) is 9.16. The van der Waals surface area contributed by atoms with Gasteiger partial charge in [0.05, 0.1) is 12.4 Å². The predicted octanol–water partition coefficient (Wildman–Crippen LogP) is 3.92. The predicted molar refractivity (Wildman–Crippen MR) is 74.2 cm³/mol. The van der Waals surface area contributed by atoms with Gasteiger partial charge in [0.15, 0.2) is 5.58 Å². The van der Waals surface area contributed by atoms with E-state index in [-0.39, 0.29) is 6.04 Å². The van der Waals surface area contributed by atoms with E-state index in [0.29, 0.717) is 10.9 Å². The second kappa shape index (κ2) is 4.70. The Balaban J connectivity index is 2.18. The van der Waals surface area contributed by atoms with Crippen LogP contribution >= 0.6 is 11.6 Å². The van der Waals surface area contributed by atoms with Crippen molar-refractivity contribution >= 4 is 22.6 Å². The van der Waals surface area contributed by atoms with Gasteiger partial charge in [-0.3, -0.25) is 0 Å². The van der Waals surface area contributed by atoms with Gasteiger partial charge in [-0.1, -0.05) is 30.6 Å². The van der Waals surface area contributed by atoms with Crippen molar-refractivity contribution < 1.29 is 4.52 Å². The van der Waals surface area contributed by atoms with Gasteiger partial charge in [0.2, 0.25) is 0 Å². The highest BCUT2D eigenvalue weighted by molar-refractivity contribution is 6.31. The molecule has 3 aromatic rings. The lowest BCUT2D eigenvalue weighted by atomic mass is 9.98. The molecule has 0 fully saturated rings. The van der Waals surface area contributed by atoms with Crippen LogP contribution in [-0.2, 0) is 0 Å². The second-order valence-corrected chi connectivity index (χ2v) is 5.34. The number of halogens is 1. The van der Waals surface area contributed by atoms with E-state index >= 15 is 0 Å². The van der Waals surface area contributed by atoms with Crippen LogP contribution in [-0.4, -0.2) is 14.7 Å². The molecule has 0 spiro atoms. The Labute approximate surface area is 116 Å². The van der Waals surface area contributed by atoms with Gasteiger partial charge in [-0.15, -0.1) is 0 Å². The molecular formula is C14H14ClN3O. The zero-order chi connectivity index (χ0) is 13.4. The van der Waals surface area contributed by atoms with Crippen LogP contribution in [0.25, 0.3) is 11.0 Å². The topological polar surface area (TPSA) is 43.9 Å². The van der Waals surface area contributed by atoms with Gasteiger partial charge in [0, 0.05) is 22.8 Å². The van der Waals surface area contributed by atoms with Crippen LogP contribution in [0.4, 0.5) is 0 Å². The summed E-state index contributed by atoms with van der Waals surface area (Å²) in [4.78, 5) is 4.11. The molecule has 98 valence electrons. The number of fused-ring (bicyclic) bond motifs is 1. The lowest BCUT2D eigenvalue weighted by molar-refractivity contribution is 0.384. The number of nitrogens with zero attached hydrogens (tertiary/aromatic N) is 3. The molecule has 5 heteroatoms. The van der Waals surface area contributed by atoms with Crippen molar-refractivity contribution in [3.63, 3.8) is 0 Å². The van der Waals surface area contributed by atoms with Crippen molar-refractivity contribution in [3.8, 4) is 0 Å². The number of rotatable bonds is 3. The summed E-state index contributed by atoms with van der Waals surface area (Å²) in [6.45, 7) is 4.30. The molecule has 0 radical (unpaired) electrons. The smallest absolute Gasteiger partial charge is 0.167 e. The molecule has 0 bridgehead atoms. The average Bonchev–Trinajstić information content (AvgIpc) is 3.00. The molecule has 1 aromatic carbocycles. The normalized spacial score (nSPS) is 13.3. The molecule has 0 aliphatic carbocycles. The molecule has 1 unspecified atom stereocenters. The number of aromatic nitrogens is 3. The van der Waals surface area contributed by atoms with Gasteiger partial charge in [0.25, 0.3) is 0 Å². The zero-order valence-corrected chi connectivity index (χ0v) is 11.5. The van der Waals surface area contributed by atoms with E-state index in [2.05, 4.69) is 24.0 Å². The Hall–Kier alpha value is -1.81. The van der Waals surface area contributed by atoms with Crippen LogP contribution < -0.4 is 0 Å². The molecule has 3 rings (SSSR count). The highest BCUT2D eigenvalue weighted by Crippen LogP contribution is 2.32. The molecule has 2 aromatic heterocycles. The SMILES string of the molecule is CC(C)C(c1noc2ccc(Cl)cc12)n1ccnc1. The van der Waals surface area contributed by atoms with E-state index < -0.39 is 0 Å². The Morgan fingerprint density at radius 1 is 1.32 bits per heavy atom. The van der Waals surface area contributed by atoms with Gasteiger partial charge in [0.1, 0.15) is 5.69 Å². The number of imidazole rings is 1. The minimum Gasteiger partial charge on any atom is -0.356 e. The summed E-state index contributed by atoms with van der Waals surface area (Å²) in [6, 6.07) is 5.64. The first-order valence-corrected chi connectivity index (χ1v) is 6.57. The van der Waals surface area contributed by atoms with E-state index in [9.17, 15) is 0 Å². The maximum absolute atomic E-state index is 6.07. The molecule has 0 N–H and O–H groups in total. The average molecular weight is 276 g/mol. The highest BCUT2D eigenvalue weighted by Gasteiger charge is 2.23. The Kier molecular flexibility index (Phi) is 3.03. The minimum atomic E-state index is 0.0854. The van der Waals surface area contributed by atoms with E-state index in [1.165, 1.54) is 0 Å². The Morgan fingerprint density at radius 3 is 2.84 bits per heavy atom. The standard InChI is InChI=1S/C14H14ClN3O/c1-9(2)14(18-6-5-16-8-18)13-11-7-10(15)3-4-12(11)19-17-13/h3-9,14H,1-2H3. The monoisotopic (exact) mass is 275 g/mol. The van der Waals surface area contributed by atoms with Crippen molar-refractivity contribution in [2.24, 2.45) is 5.92 Å². The highest BCUT2D eigenvalue weighted by atomic mass is 35.5. The van der Waals surface area contributed by atoms with Gasteiger partial charge in [-0.25, -0.2) is 4.98 Å². The van der Waals surface area contributed by atoms with Crippen molar-refractivity contribution in [1.82, 2.24) is 14.7 Å². The number of hydrogen-bond donors (Lipinski definition) is 0.